The Morgan fingerprint density at radius 3 is 2.81 bits per heavy atom. The second-order valence-corrected chi connectivity index (χ2v) is 4.25. The predicted molar refractivity (Wildman–Crippen MR) is 63.6 cm³/mol. The second kappa shape index (κ2) is 5.44. The number of hydrogen-bond donors (Lipinski definition) is 1. The van der Waals surface area contributed by atoms with Crippen LogP contribution >= 0.6 is 0 Å². The molecule has 0 bridgehead atoms. The Balaban J connectivity index is 2.75. The minimum absolute atomic E-state index is 0.0451. The van der Waals surface area contributed by atoms with E-state index in [1.807, 2.05) is 0 Å². The Kier molecular flexibility index (Phi) is 4.22. The van der Waals surface area contributed by atoms with Gasteiger partial charge in [0.2, 0.25) is 5.82 Å². The van der Waals surface area contributed by atoms with Crippen LogP contribution in [0.5, 0.6) is 0 Å². The Morgan fingerprint density at radius 2 is 2.25 bits per heavy atom. The third kappa shape index (κ3) is 3.49. The van der Waals surface area contributed by atoms with Crippen molar-refractivity contribution >= 4 is 11.5 Å². The molecule has 1 aromatic rings. The average molecular weight is 223 g/mol. The van der Waals surface area contributed by atoms with Gasteiger partial charge in [0, 0.05) is 18.8 Å². The first-order chi connectivity index (χ1) is 7.50. The van der Waals surface area contributed by atoms with Crippen LogP contribution in [0.25, 0.3) is 0 Å². The average Bonchev–Trinajstić information content (AvgIpc) is 2.19. The van der Waals surface area contributed by atoms with Gasteiger partial charge in [-0.15, -0.1) is 0 Å². The molecule has 1 aromatic heterocycles. The van der Waals surface area contributed by atoms with Crippen LogP contribution in [-0.4, -0.2) is 16.5 Å². The maximum absolute atomic E-state index is 10.8. The van der Waals surface area contributed by atoms with Gasteiger partial charge >= 0.3 is 5.69 Å². The highest BCUT2D eigenvalue weighted by molar-refractivity contribution is 5.56. The summed E-state index contributed by atoms with van der Waals surface area (Å²) in [5.41, 5.74) is 0.838. The Labute approximate surface area is 95.0 Å². The molecule has 0 fully saturated rings. The molecule has 1 rings (SSSR count). The zero-order valence-electron chi connectivity index (χ0n) is 9.86. The fourth-order valence-corrected chi connectivity index (χ4v) is 1.31. The first-order valence-corrected chi connectivity index (χ1v) is 5.35. The van der Waals surface area contributed by atoms with E-state index in [0.29, 0.717) is 18.3 Å². The number of nitro groups is 1. The van der Waals surface area contributed by atoms with E-state index in [9.17, 15) is 10.1 Å². The van der Waals surface area contributed by atoms with E-state index in [2.05, 4.69) is 24.1 Å². The molecule has 0 aliphatic rings. The summed E-state index contributed by atoms with van der Waals surface area (Å²) >= 11 is 0. The molecule has 0 atom stereocenters. The number of aryl methyl sites for hydroxylation is 1. The molecule has 0 aliphatic heterocycles. The van der Waals surface area contributed by atoms with Gasteiger partial charge in [0.15, 0.2) is 0 Å². The molecular weight excluding hydrogens is 206 g/mol. The standard InChI is InChI=1S/C11H17N3O2/c1-8(2)4-5-12-11-10(14(15)16)6-9(3)7-13-11/h6-8H,4-5H2,1-3H3,(H,12,13). The summed E-state index contributed by atoms with van der Waals surface area (Å²) in [7, 11) is 0. The Morgan fingerprint density at radius 1 is 1.56 bits per heavy atom. The van der Waals surface area contributed by atoms with Crippen molar-refractivity contribution in [2.45, 2.75) is 27.2 Å². The van der Waals surface area contributed by atoms with Crippen molar-refractivity contribution in [2.24, 2.45) is 5.92 Å². The first kappa shape index (κ1) is 12.4. The number of anilines is 1. The molecule has 0 aromatic carbocycles. The summed E-state index contributed by atoms with van der Waals surface area (Å²) in [6.07, 6.45) is 2.59. The third-order valence-corrected chi connectivity index (χ3v) is 2.22. The normalized spacial score (nSPS) is 10.5. The van der Waals surface area contributed by atoms with E-state index in [1.165, 1.54) is 6.07 Å². The molecule has 0 saturated heterocycles. The summed E-state index contributed by atoms with van der Waals surface area (Å²) in [5, 5.41) is 13.8. The topological polar surface area (TPSA) is 68.1 Å². The predicted octanol–water partition coefficient (Wildman–Crippen LogP) is 2.76. The van der Waals surface area contributed by atoms with Gasteiger partial charge in [0.05, 0.1) is 4.92 Å². The molecule has 5 nitrogen and oxygen atoms in total. The molecule has 1 N–H and O–H groups in total. The monoisotopic (exact) mass is 223 g/mol. The molecule has 0 saturated carbocycles. The highest BCUT2D eigenvalue weighted by Gasteiger charge is 2.14. The van der Waals surface area contributed by atoms with Gasteiger partial charge in [-0.05, 0) is 24.8 Å². The van der Waals surface area contributed by atoms with E-state index in [1.54, 1.807) is 13.1 Å². The lowest BCUT2D eigenvalue weighted by atomic mass is 10.1. The molecule has 16 heavy (non-hydrogen) atoms. The lowest BCUT2D eigenvalue weighted by Gasteiger charge is -2.08. The number of hydrogen-bond acceptors (Lipinski definition) is 4. The highest BCUT2D eigenvalue weighted by atomic mass is 16.6. The largest absolute Gasteiger partial charge is 0.364 e. The quantitative estimate of drug-likeness (QED) is 0.615. The Hall–Kier alpha value is -1.65. The van der Waals surface area contributed by atoms with Crippen LogP contribution < -0.4 is 5.32 Å². The minimum Gasteiger partial charge on any atom is -0.364 e. The van der Waals surface area contributed by atoms with E-state index < -0.39 is 4.92 Å². The van der Waals surface area contributed by atoms with Crippen LogP contribution in [-0.2, 0) is 0 Å². The summed E-state index contributed by atoms with van der Waals surface area (Å²) in [4.78, 5) is 14.4. The van der Waals surface area contributed by atoms with Gasteiger partial charge in [-0.2, -0.15) is 0 Å². The van der Waals surface area contributed by atoms with Crippen LogP contribution in [0.4, 0.5) is 11.5 Å². The van der Waals surface area contributed by atoms with Gasteiger partial charge in [-0.3, -0.25) is 10.1 Å². The van der Waals surface area contributed by atoms with Gasteiger partial charge in [0.1, 0.15) is 0 Å². The second-order valence-electron chi connectivity index (χ2n) is 4.25. The fraction of sp³-hybridized carbons (Fsp3) is 0.545. The molecular formula is C11H17N3O2. The van der Waals surface area contributed by atoms with Crippen molar-refractivity contribution in [1.29, 1.82) is 0 Å². The zero-order valence-corrected chi connectivity index (χ0v) is 9.86. The SMILES string of the molecule is Cc1cnc(NCCC(C)C)c([N+](=O)[O-])c1. The van der Waals surface area contributed by atoms with Crippen molar-refractivity contribution in [1.82, 2.24) is 4.98 Å². The molecule has 0 radical (unpaired) electrons. The molecule has 5 heteroatoms. The molecule has 0 unspecified atom stereocenters. The number of aromatic nitrogens is 1. The molecule has 0 spiro atoms. The molecule has 1 heterocycles. The lowest BCUT2D eigenvalue weighted by molar-refractivity contribution is -0.384. The first-order valence-electron chi connectivity index (χ1n) is 5.35. The van der Waals surface area contributed by atoms with Crippen molar-refractivity contribution in [3.8, 4) is 0 Å². The molecule has 88 valence electrons. The van der Waals surface area contributed by atoms with Crippen molar-refractivity contribution in [2.75, 3.05) is 11.9 Å². The van der Waals surface area contributed by atoms with Gasteiger partial charge in [-0.1, -0.05) is 13.8 Å². The third-order valence-electron chi connectivity index (χ3n) is 2.22. The maximum atomic E-state index is 10.8. The van der Waals surface area contributed by atoms with Crippen LogP contribution in [0, 0.1) is 23.0 Å². The smallest absolute Gasteiger partial charge is 0.311 e. The summed E-state index contributed by atoms with van der Waals surface area (Å²) in [6, 6.07) is 1.53. The number of nitrogens with one attached hydrogen (secondary N) is 1. The van der Waals surface area contributed by atoms with Gasteiger partial charge in [0.25, 0.3) is 0 Å². The number of rotatable bonds is 5. The highest BCUT2D eigenvalue weighted by Crippen LogP contribution is 2.22. The van der Waals surface area contributed by atoms with E-state index in [0.717, 1.165) is 12.0 Å². The zero-order chi connectivity index (χ0) is 12.1. The van der Waals surface area contributed by atoms with Gasteiger partial charge in [-0.25, -0.2) is 4.98 Å². The number of nitrogens with zero attached hydrogens (tertiary/aromatic N) is 2. The van der Waals surface area contributed by atoms with Gasteiger partial charge < -0.3 is 5.32 Å². The maximum Gasteiger partial charge on any atom is 0.311 e. The minimum atomic E-state index is -0.405. The summed E-state index contributed by atoms with van der Waals surface area (Å²) in [6.45, 7) is 6.71. The van der Waals surface area contributed by atoms with Crippen molar-refractivity contribution < 1.29 is 4.92 Å². The summed E-state index contributed by atoms with van der Waals surface area (Å²) in [5.74, 6) is 0.924. The van der Waals surface area contributed by atoms with Crippen LogP contribution in [0.1, 0.15) is 25.8 Å². The van der Waals surface area contributed by atoms with E-state index >= 15 is 0 Å². The Bertz CT molecular complexity index is 377. The lowest BCUT2D eigenvalue weighted by Crippen LogP contribution is -2.08. The van der Waals surface area contributed by atoms with Crippen molar-refractivity contribution in [3.05, 3.63) is 27.9 Å². The van der Waals surface area contributed by atoms with Crippen LogP contribution in [0.3, 0.4) is 0 Å². The molecule has 0 amide bonds. The summed E-state index contributed by atoms with van der Waals surface area (Å²) < 4.78 is 0. The van der Waals surface area contributed by atoms with Crippen LogP contribution in [0.15, 0.2) is 12.3 Å². The fourth-order valence-electron chi connectivity index (χ4n) is 1.31. The van der Waals surface area contributed by atoms with Crippen molar-refractivity contribution in [3.63, 3.8) is 0 Å². The molecule has 0 aliphatic carbocycles. The van der Waals surface area contributed by atoms with E-state index in [-0.39, 0.29) is 5.69 Å². The number of pyridine rings is 1. The van der Waals surface area contributed by atoms with Crippen LogP contribution in [0.2, 0.25) is 0 Å². The van der Waals surface area contributed by atoms with E-state index in [4.69, 9.17) is 0 Å².